The summed E-state index contributed by atoms with van der Waals surface area (Å²) >= 11 is 2.93. The van der Waals surface area contributed by atoms with Gasteiger partial charge >= 0.3 is 0 Å². The third kappa shape index (κ3) is 4.13. The van der Waals surface area contributed by atoms with Gasteiger partial charge in [-0.1, -0.05) is 6.92 Å². The molecule has 0 aliphatic carbocycles. The number of hydrogen-bond acceptors (Lipinski definition) is 6. The predicted molar refractivity (Wildman–Crippen MR) is 94.1 cm³/mol. The highest BCUT2D eigenvalue weighted by Gasteiger charge is 2.22. The molecule has 1 saturated heterocycles. The van der Waals surface area contributed by atoms with E-state index in [9.17, 15) is 9.59 Å². The second-order valence-corrected chi connectivity index (χ2v) is 7.64. The normalized spacial score (nSPS) is 21.4. The van der Waals surface area contributed by atoms with Crippen molar-refractivity contribution in [1.82, 2.24) is 20.0 Å². The van der Waals surface area contributed by atoms with E-state index >= 15 is 0 Å². The van der Waals surface area contributed by atoms with E-state index in [0.29, 0.717) is 22.4 Å². The van der Waals surface area contributed by atoms with Crippen LogP contribution in [-0.2, 0) is 10.5 Å². The van der Waals surface area contributed by atoms with Gasteiger partial charge in [-0.25, -0.2) is 4.98 Å². The van der Waals surface area contributed by atoms with Crippen LogP contribution in [0.2, 0.25) is 0 Å². The maximum atomic E-state index is 12.0. The number of carbonyl (C=O) groups excluding carboxylic acids is 1. The number of aromatic nitrogens is 2. The molecule has 0 radical (unpaired) electrons. The van der Waals surface area contributed by atoms with Gasteiger partial charge in [-0.2, -0.15) is 0 Å². The summed E-state index contributed by atoms with van der Waals surface area (Å²) in [7, 11) is 0. The number of nitrogens with one attached hydrogen (secondary N) is 2. The van der Waals surface area contributed by atoms with Crippen LogP contribution in [0.15, 0.2) is 22.4 Å². The Morgan fingerprint density at radius 1 is 1.61 bits per heavy atom. The van der Waals surface area contributed by atoms with Crippen LogP contribution in [0.5, 0.6) is 0 Å². The highest BCUT2D eigenvalue weighted by Crippen LogP contribution is 2.14. The van der Waals surface area contributed by atoms with E-state index < -0.39 is 0 Å². The van der Waals surface area contributed by atoms with Gasteiger partial charge in [0.15, 0.2) is 4.96 Å². The second-order valence-electron chi connectivity index (χ2n) is 5.78. The average molecular weight is 352 g/mol. The third-order valence-corrected chi connectivity index (χ3v) is 5.69. The summed E-state index contributed by atoms with van der Waals surface area (Å²) in [4.78, 5) is 29.1. The summed E-state index contributed by atoms with van der Waals surface area (Å²) in [6.07, 6.45) is 2.70. The first kappa shape index (κ1) is 16.5. The van der Waals surface area contributed by atoms with E-state index in [0.717, 1.165) is 25.2 Å². The van der Waals surface area contributed by atoms with Gasteiger partial charge in [0.25, 0.3) is 5.56 Å². The Morgan fingerprint density at radius 3 is 3.30 bits per heavy atom. The van der Waals surface area contributed by atoms with Crippen molar-refractivity contribution < 1.29 is 4.79 Å². The Bertz CT molecular complexity index is 742. The molecule has 1 fully saturated rings. The second kappa shape index (κ2) is 7.46. The van der Waals surface area contributed by atoms with Gasteiger partial charge in [0, 0.05) is 29.4 Å². The predicted octanol–water partition coefficient (Wildman–Crippen LogP) is 1.10. The van der Waals surface area contributed by atoms with Crippen LogP contribution in [0, 0.1) is 5.92 Å². The average Bonchev–Trinajstić information content (AvgIpc) is 2.99. The van der Waals surface area contributed by atoms with Gasteiger partial charge in [0.1, 0.15) is 0 Å². The lowest BCUT2D eigenvalue weighted by Gasteiger charge is -2.30. The third-order valence-electron chi connectivity index (χ3n) is 3.97. The maximum Gasteiger partial charge on any atom is 0.258 e. The van der Waals surface area contributed by atoms with Crippen molar-refractivity contribution >= 4 is 34.0 Å². The zero-order valence-electron chi connectivity index (χ0n) is 12.9. The van der Waals surface area contributed by atoms with Crippen LogP contribution in [-0.4, -0.2) is 40.2 Å². The highest BCUT2D eigenvalue weighted by atomic mass is 32.2. The number of piperidine rings is 1. The SMILES string of the molecule is CC1CNCCC1NC(=O)CSCc1cc(=O)n2ccsc2n1. The van der Waals surface area contributed by atoms with E-state index in [4.69, 9.17) is 0 Å². The molecule has 1 amide bonds. The molecule has 2 aromatic rings. The minimum Gasteiger partial charge on any atom is -0.352 e. The molecule has 2 unspecified atom stereocenters. The quantitative estimate of drug-likeness (QED) is 0.843. The molecule has 0 aromatic carbocycles. The Kier molecular flexibility index (Phi) is 5.34. The molecule has 1 aliphatic rings. The van der Waals surface area contributed by atoms with E-state index in [-0.39, 0.29) is 17.5 Å². The minimum atomic E-state index is -0.0696. The van der Waals surface area contributed by atoms with Gasteiger partial charge in [-0.05, 0) is 25.4 Å². The summed E-state index contributed by atoms with van der Waals surface area (Å²) in [5.74, 6) is 1.48. The molecule has 3 rings (SSSR count). The zero-order valence-corrected chi connectivity index (χ0v) is 14.6. The fraction of sp³-hybridized carbons (Fsp3) is 0.533. The topological polar surface area (TPSA) is 75.5 Å². The van der Waals surface area contributed by atoms with Crippen LogP contribution < -0.4 is 16.2 Å². The summed E-state index contributed by atoms with van der Waals surface area (Å²) in [5, 5.41) is 8.27. The summed E-state index contributed by atoms with van der Waals surface area (Å²) < 4.78 is 1.53. The van der Waals surface area contributed by atoms with Crippen LogP contribution in [0.25, 0.3) is 4.96 Å². The molecule has 1 aliphatic heterocycles. The molecule has 0 saturated carbocycles. The van der Waals surface area contributed by atoms with E-state index in [2.05, 4.69) is 22.5 Å². The van der Waals surface area contributed by atoms with Gasteiger partial charge in [0.2, 0.25) is 5.91 Å². The molecule has 0 spiro atoms. The molecule has 6 nitrogen and oxygen atoms in total. The number of thioether (sulfide) groups is 1. The zero-order chi connectivity index (χ0) is 16.2. The first-order valence-electron chi connectivity index (χ1n) is 7.67. The minimum absolute atomic E-state index is 0.0580. The van der Waals surface area contributed by atoms with E-state index in [1.807, 2.05) is 5.38 Å². The first-order chi connectivity index (χ1) is 11.1. The molecule has 2 N–H and O–H groups in total. The van der Waals surface area contributed by atoms with Crippen molar-refractivity contribution in [2.24, 2.45) is 5.92 Å². The van der Waals surface area contributed by atoms with Gasteiger partial charge < -0.3 is 10.6 Å². The van der Waals surface area contributed by atoms with Crippen molar-refractivity contribution in [3.63, 3.8) is 0 Å². The molecule has 124 valence electrons. The fourth-order valence-corrected chi connectivity index (χ4v) is 4.15. The standard InChI is InChI=1S/C15H20N4O2S2/c1-10-7-16-3-2-12(10)18-13(20)9-22-8-11-6-14(21)19-4-5-23-15(19)17-11/h4-6,10,12,16H,2-3,7-9H2,1H3,(H,18,20). The monoisotopic (exact) mass is 352 g/mol. The van der Waals surface area contributed by atoms with Crippen molar-refractivity contribution in [2.75, 3.05) is 18.8 Å². The summed E-state index contributed by atoms with van der Waals surface area (Å²) in [6.45, 7) is 4.06. The molecule has 2 atom stereocenters. The lowest BCUT2D eigenvalue weighted by Crippen LogP contribution is -2.48. The number of thiazole rings is 1. The number of carbonyl (C=O) groups is 1. The number of rotatable bonds is 5. The number of amides is 1. The molecular weight excluding hydrogens is 332 g/mol. The first-order valence-corrected chi connectivity index (χ1v) is 9.70. The largest absolute Gasteiger partial charge is 0.352 e. The molecule has 8 heteroatoms. The Hall–Kier alpha value is -1.38. The van der Waals surface area contributed by atoms with Gasteiger partial charge in [-0.15, -0.1) is 23.1 Å². The molecule has 23 heavy (non-hydrogen) atoms. The number of nitrogens with zero attached hydrogens (tertiary/aromatic N) is 2. The lowest BCUT2D eigenvalue weighted by atomic mass is 9.95. The van der Waals surface area contributed by atoms with Crippen molar-refractivity contribution in [3.05, 3.63) is 33.7 Å². The molecule has 3 heterocycles. The van der Waals surface area contributed by atoms with Crippen LogP contribution in [0.1, 0.15) is 19.0 Å². The van der Waals surface area contributed by atoms with Gasteiger partial charge in [-0.3, -0.25) is 14.0 Å². The van der Waals surface area contributed by atoms with E-state index in [1.54, 1.807) is 12.3 Å². The lowest BCUT2D eigenvalue weighted by molar-refractivity contribution is -0.119. The van der Waals surface area contributed by atoms with Crippen molar-refractivity contribution in [2.45, 2.75) is 25.1 Å². The van der Waals surface area contributed by atoms with Crippen molar-refractivity contribution in [3.8, 4) is 0 Å². The molecular formula is C15H20N4O2S2. The summed E-state index contributed by atoms with van der Waals surface area (Å²) in [6, 6.07) is 1.80. The molecule has 0 bridgehead atoms. The van der Waals surface area contributed by atoms with E-state index in [1.165, 1.54) is 27.5 Å². The van der Waals surface area contributed by atoms with Gasteiger partial charge in [0.05, 0.1) is 11.4 Å². The summed E-state index contributed by atoms with van der Waals surface area (Å²) in [5.41, 5.74) is 0.658. The molecule has 2 aromatic heterocycles. The fourth-order valence-electron chi connectivity index (χ4n) is 2.69. The van der Waals surface area contributed by atoms with Crippen molar-refractivity contribution in [1.29, 1.82) is 0 Å². The Labute approximate surface area is 142 Å². The van der Waals surface area contributed by atoms with Crippen LogP contribution in [0.3, 0.4) is 0 Å². The van der Waals surface area contributed by atoms with Crippen LogP contribution in [0.4, 0.5) is 0 Å². The smallest absolute Gasteiger partial charge is 0.258 e. The van der Waals surface area contributed by atoms with Crippen LogP contribution >= 0.6 is 23.1 Å². The highest BCUT2D eigenvalue weighted by molar-refractivity contribution is 7.99. The number of fused-ring (bicyclic) bond motifs is 1. The Balaban J connectivity index is 1.50. The Morgan fingerprint density at radius 2 is 2.48 bits per heavy atom. The maximum absolute atomic E-state index is 12.0. The number of hydrogen-bond donors (Lipinski definition) is 2.